The zero-order valence-electron chi connectivity index (χ0n) is 5.88. The van der Waals surface area contributed by atoms with Gasteiger partial charge in [0.15, 0.2) is 5.15 Å². The summed E-state index contributed by atoms with van der Waals surface area (Å²) in [5, 5.41) is 8.33. The normalized spacial score (nSPS) is 16.1. The van der Waals surface area contributed by atoms with Gasteiger partial charge in [-0.1, -0.05) is 11.6 Å². The molecule has 0 amide bonds. The van der Waals surface area contributed by atoms with Crippen LogP contribution in [0.15, 0.2) is 6.07 Å². The summed E-state index contributed by atoms with van der Waals surface area (Å²) in [5.74, 6) is 2.19. The Kier molecular flexibility index (Phi) is 2.00. The number of aryl methyl sites for hydroxylation is 1. The SMILES string of the molecule is Clc1cc2c(nn1)CCSC2. The summed E-state index contributed by atoms with van der Waals surface area (Å²) in [7, 11) is 0. The van der Waals surface area contributed by atoms with E-state index in [0.717, 1.165) is 23.6 Å². The van der Waals surface area contributed by atoms with Crippen molar-refractivity contribution in [2.24, 2.45) is 0 Å². The van der Waals surface area contributed by atoms with Gasteiger partial charge in [0.1, 0.15) is 0 Å². The van der Waals surface area contributed by atoms with E-state index in [4.69, 9.17) is 11.6 Å². The molecule has 2 nitrogen and oxygen atoms in total. The minimum Gasteiger partial charge on any atom is -0.157 e. The van der Waals surface area contributed by atoms with Crippen molar-refractivity contribution >= 4 is 23.4 Å². The van der Waals surface area contributed by atoms with E-state index < -0.39 is 0 Å². The van der Waals surface area contributed by atoms with Crippen molar-refractivity contribution in [2.75, 3.05) is 5.75 Å². The molecule has 11 heavy (non-hydrogen) atoms. The Labute approximate surface area is 74.4 Å². The lowest BCUT2D eigenvalue weighted by atomic mass is 10.2. The summed E-state index contributed by atoms with van der Waals surface area (Å²) >= 11 is 7.61. The van der Waals surface area contributed by atoms with Crippen molar-refractivity contribution in [3.8, 4) is 0 Å². The maximum atomic E-state index is 5.69. The van der Waals surface area contributed by atoms with E-state index in [1.807, 2.05) is 17.8 Å². The lowest BCUT2D eigenvalue weighted by molar-refractivity contribution is 0.892. The summed E-state index contributed by atoms with van der Waals surface area (Å²) in [6.45, 7) is 0. The van der Waals surface area contributed by atoms with Gasteiger partial charge in [0.25, 0.3) is 0 Å². The molecule has 0 aliphatic carbocycles. The van der Waals surface area contributed by atoms with Gasteiger partial charge in [-0.2, -0.15) is 16.9 Å². The largest absolute Gasteiger partial charge is 0.157 e. The molecule has 0 bridgehead atoms. The second kappa shape index (κ2) is 2.99. The van der Waals surface area contributed by atoms with E-state index in [-0.39, 0.29) is 0 Å². The lowest BCUT2D eigenvalue weighted by Crippen LogP contribution is -2.06. The molecule has 4 heteroatoms. The van der Waals surface area contributed by atoms with Crippen LogP contribution in [-0.4, -0.2) is 16.0 Å². The molecule has 1 aromatic heterocycles. The Hall–Kier alpha value is -0.280. The summed E-state index contributed by atoms with van der Waals surface area (Å²) in [6.07, 6.45) is 1.03. The van der Waals surface area contributed by atoms with Gasteiger partial charge >= 0.3 is 0 Å². The summed E-state index contributed by atoms with van der Waals surface area (Å²) in [6, 6.07) is 1.91. The number of hydrogen-bond acceptors (Lipinski definition) is 3. The van der Waals surface area contributed by atoms with Crippen molar-refractivity contribution in [3.63, 3.8) is 0 Å². The number of fused-ring (bicyclic) bond motifs is 1. The van der Waals surface area contributed by atoms with E-state index in [2.05, 4.69) is 10.2 Å². The Morgan fingerprint density at radius 2 is 2.36 bits per heavy atom. The van der Waals surface area contributed by atoms with Crippen LogP contribution in [0.1, 0.15) is 11.3 Å². The van der Waals surface area contributed by atoms with Gasteiger partial charge in [0.2, 0.25) is 0 Å². The maximum Gasteiger partial charge on any atom is 0.152 e. The van der Waals surface area contributed by atoms with E-state index in [0.29, 0.717) is 5.15 Å². The van der Waals surface area contributed by atoms with Gasteiger partial charge in [-0.25, -0.2) is 0 Å². The van der Waals surface area contributed by atoms with Crippen molar-refractivity contribution in [1.82, 2.24) is 10.2 Å². The number of halogens is 1. The molecule has 0 spiro atoms. The summed E-state index contributed by atoms with van der Waals surface area (Å²) < 4.78 is 0. The first-order chi connectivity index (χ1) is 5.36. The molecule has 1 aliphatic heterocycles. The Morgan fingerprint density at radius 1 is 1.45 bits per heavy atom. The van der Waals surface area contributed by atoms with Crippen LogP contribution in [0.4, 0.5) is 0 Å². The monoisotopic (exact) mass is 186 g/mol. The fraction of sp³-hybridized carbons (Fsp3) is 0.429. The van der Waals surface area contributed by atoms with Crippen molar-refractivity contribution in [1.29, 1.82) is 0 Å². The molecule has 0 radical (unpaired) electrons. The molecular formula is C7H7ClN2S. The molecule has 0 unspecified atom stereocenters. The number of hydrogen-bond donors (Lipinski definition) is 0. The molecular weight excluding hydrogens is 180 g/mol. The zero-order valence-corrected chi connectivity index (χ0v) is 7.45. The first-order valence-corrected chi connectivity index (χ1v) is 4.98. The van der Waals surface area contributed by atoms with Crippen LogP contribution >= 0.6 is 23.4 Å². The molecule has 0 saturated heterocycles. The van der Waals surface area contributed by atoms with Crippen LogP contribution in [0.5, 0.6) is 0 Å². The fourth-order valence-electron chi connectivity index (χ4n) is 1.11. The van der Waals surface area contributed by atoms with E-state index in [1.165, 1.54) is 5.56 Å². The predicted octanol–water partition coefficient (Wildman–Crippen LogP) is 1.92. The third-order valence-electron chi connectivity index (χ3n) is 1.67. The summed E-state index contributed by atoms with van der Waals surface area (Å²) in [5.41, 5.74) is 2.37. The number of aromatic nitrogens is 2. The first-order valence-electron chi connectivity index (χ1n) is 3.45. The van der Waals surface area contributed by atoms with Gasteiger partial charge < -0.3 is 0 Å². The second-order valence-corrected chi connectivity index (χ2v) is 3.93. The van der Waals surface area contributed by atoms with Crippen LogP contribution in [0.3, 0.4) is 0 Å². The van der Waals surface area contributed by atoms with Crippen molar-refractivity contribution in [3.05, 3.63) is 22.5 Å². The predicted molar refractivity (Wildman–Crippen MR) is 46.9 cm³/mol. The third kappa shape index (κ3) is 1.49. The molecule has 2 rings (SSSR count). The molecule has 1 aliphatic rings. The van der Waals surface area contributed by atoms with Gasteiger partial charge in [0, 0.05) is 12.2 Å². The number of nitrogens with zero attached hydrogens (tertiary/aromatic N) is 2. The van der Waals surface area contributed by atoms with Gasteiger partial charge in [-0.3, -0.25) is 0 Å². The molecule has 0 fully saturated rings. The molecule has 0 saturated carbocycles. The minimum absolute atomic E-state index is 0.506. The lowest BCUT2D eigenvalue weighted by Gasteiger charge is -2.12. The standard InChI is InChI=1S/C7H7ClN2S/c8-7-3-5-4-11-2-1-6(5)9-10-7/h3H,1-2,4H2. The highest BCUT2D eigenvalue weighted by molar-refractivity contribution is 7.98. The Morgan fingerprint density at radius 3 is 3.27 bits per heavy atom. The third-order valence-corrected chi connectivity index (χ3v) is 2.86. The Balaban J connectivity index is 2.43. The fourth-order valence-corrected chi connectivity index (χ4v) is 2.24. The van der Waals surface area contributed by atoms with Gasteiger partial charge in [-0.05, 0) is 17.4 Å². The van der Waals surface area contributed by atoms with Crippen LogP contribution in [0, 0.1) is 0 Å². The average molecular weight is 187 g/mol. The van der Waals surface area contributed by atoms with Crippen molar-refractivity contribution in [2.45, 2.75) is 12.2 Å². The second-order valence-electron chi connectivity index (χ2n) is 2.44. The molecule has 58 valence electrons. The van der Waals surface area contributed by atoms with E-state index >= 15 is 0 Å². The van der Waals surface area contributed by atoms with E-state index in [9.17, 15) is 0 Å². The van der Waals surface area contributed by atoms with Gasteiger partial charge in [-0.15, -0.1) is 5.10 Å². The van der Waals surface area contributed by atoms with Crippen LogP contribution < -0.4 is 0 Å². The summed E-state index contributed by atoms with van der Waals surface area (Å²) in [4.78, 5) is 0. The molecule has 1 aromatic rings. The smallest absolute Gasteiger partial charge is 0.152 e. The molecule has 0 atom stereocenters. The van der Waals surface area contributed by atoms with E-state index in [1.54, 1.807) is 0 Å². The number of rotatable bonds is 0. The molecule has 0 N–H and O–H groups in total. The highest BCUT2D eigenvalue weighted by atomic mass is 35.5. The Bertz CT molecular complexity index is 277. The molecule has 2 heterocycles. The highest BCUT2D eigenvalue weighted by Gasteiger charge is 2.11. The highest BCUT2D eigenvalue weighted by Crippen LogP contribution is 2.23. The maximum absolute atomic E-state index is 5.69. The average Bonchev–Trinajstić information content (AvgIpc) is 2.04. The molecule has 0 aromatic carbocycles. The van der Waals surface area contributed by atoms with Crippen LogP contribution in [0.25, 0.3) is 0 Å². The quantitative estimate of drug-likeness (QED) is 0.619. The van der Waals surface area contributed by atoms with Crippen LogP contribution in [0.2, 0.25) is 5.15 Å². The first kappa shape index (κ1) is 7.37. The van der Waals surface area contributed by atoms with Gasteiger partial charge in [0.05, 0.1) is 5.69 Å². The minimum atomic E-state index is 0.506. The van der Waals surface area contributed by atoms with Crippen molar-refractivity contribution < 1.29 is 0 Å². The topological polar surface area (TPSA) is 25.8 Å². The number of thioether (sulfide) groups is 1. The van der Waals surface area contributed by atoms with Crippen LogP contribution in [-0.2, 0) is 12.2 Å². The zero-order chi connectivity index (χ0) is 7.68.